The first-order valence-corrected chi connectivity index (χ1v) is 7.78. The number of aryl methyl sites for hydroxylation is 1. The van der Waals surface area contributed by atoms with Crippen LogP contribution in [0.1, 0.15) is 39.4 Å². The molecule has 0 saturated heterocycles. The minimum absolute atomic E-state index is 0.0736. The van der Waals surface area contributed by atoms with Gasteiger partial charge in [0, 0.05) is 23.6 Å². The lowest BCUT2D eigenvalue weighted by atomic mass is 10.2. The monoisotopic (exact) mass is 296 g/mol. The van der Waals surface area contributed by atoms with Gasteiger partial charge in [-0.3, -0.25) is 0 Å². The molecular weight excluding hydrogens is 275 g/mol. The Labute approximate surface area is 121 Å². The highest BCUT2D eigenvalue weighted by molar-refractivity contribution is 7.84. The summed E-state index contributed by atoms with van der Waals surface area (Å²) in [6.45, 7) is 7.76. The molecule has 0 radical (unpaired) electrons. The quantitative estimate of drug-likeness (QED) is 0.925. The molecule has 1 aromatic carbocycles. The number of nitrogens with one attached hydrogen (secondary N) is 1. The number of aromatic nitrogens is 1. The van der Waals surface area contributed by atoms with Crippen molar-refractivity contribution in [3.8, 4) is 0 Å². The lowest BCUT2D eigenvalue weighted by Gasteiger charge is -2.22. The van der Waals surface area contributed by atoms with Crippen molar-refractivity contribution in [1.29, 1.82) is 0 Å². The Morgan fingerprint density at radius 3 is 2.55 bits per heavy atom. The number of hydrogen-bond acceptors (Lipinski definition) is 1. The van der Waals surface area contributed by atoms with Crippen molar-refractivity contribution in [2.24, 2.45) is 7.05 Å². The van der Waals surface area contributed by atoms with E-state index in [0.717, 1.165) is 16.6 Å². The minimum Gasteiger partial charge on any atom is -0.346 e. The van der Waals surface area contributed by atoms with E-state index in [2.05, 4.69) is 4.72 Å². The Morgan fingerprint density at radius 2 is 1.95 bits per heavy atom. The van der Waals surface area contributed by atoms with Crippen LogP contribution in [0.2, 0.25) is 0 Å². The van der Waals surface area contributed by atoms with Gasteiger partial charge in [-0.25, -0.2) is 13.3 Å². The maximum absolute atomic E-state index is 13.3. The fraction of sp³-hybridized carbons (Fsp3) is 0.467. The van der Waals surface area contributed by atoms with Gasteiger partial charge >= 0.3 is 0 Å². The van der Waals surface area contributed by atoms with E-state index < -0.39 is 11.0 Å². The molecule has 2 atom stereocenters. The summed E-state index contributed by atoms with van der Waals surface area (Å²) in [7, 11) is 0.799. The minimum atomic E-state index is -1.14. The van der Waals surface area contributed by atoms with Crippen LogP contribution in [0.4, 0.5) is 4.39 Å². The van der Waals surface area contributed by atoms with Crippen LogP contribution < -0.4 is 4.72 Å². The van der Waals surface area contributed by atoms with Crippen molar-refractivity contribution in [3.63, 3.8) is 0 Å². The summed E-state index contributed by atoms with van der Waals surface area (Å²) in [5, 5.41) is 0.859. The Morgan fingerprint density at radius 1 is 1.30 bits per heavy atom. The Balaban J connectivity index is 2.33. The molecule has 1 heterocycles. The van der Waals surface area contributed by atoms with Crippen LogP contribution in [0, 0.1) is 5.82 Å². The first-order valence-electron chi connectivity index (χ1n) is 6.63. The number of fused-ring (bicyclic) bond motifs is 1. The fourth-order valence-electron chi connectivity index (χ4n) is 2.15. The summed E-state index contributed by atoms with van der Waals surface area (Å²) in [5.41, 5.74) is 1.96. The van der Waals surface area contributed by atoms with Crippen LogP contribution in [0.3, 0.4) is 0 Å². The number of halogens is 1. The Hall–Kier alpha value is -1.20. The fourth-order valence-corrected chi connectivity index (χ4v) is 2.95. The van der Waals surface area contributed by atoms with Gasteiger partial charge in [-0.2, -0.15) is 0 Å². The Kier molecular flexibility index (Phi) is 4.02. The van der Waals surface area contributed by atoms with Gasteiger partial charge in [-0.15, -0.1) is 0 Å². The van der Waals surface area contributed by atoms with Crippen LogP contribution in [0.25, 0.3) is 10.9 Å². The van der Waals surface area contributed by atoms with Crippen molar-refractivity contribution in [1.82, 2.24) is 9.29 Å². The molecular formula is C15H21FN2OS. The summed E-state index contributed by atoms with van der Waals surface area (Å²) in [4.78, 5) is 0. The number of hydrogen-bond donors (Lipinski definition) is 1. The maximum Gasteiger partial charge on any atom is 0.123 e. The smallest absolute Gasteiger partial charge is 0.123 e. The molecule has 0 amide bonds. The largest absolute Gasteiger partial charge is 0.346 e. The third-order valence-corrected chi connectivity index (χ3v) is 5.01. The first-order chi connectivity index (χ1) is 9.20. The molecule has 2 aromatic rings. The predicted molar refractivity (Wildman–Crippen MR) is 82.3 cm³/mol. The molecule has 0 fully saturated rings. The summed E-state index contributed by atoms with van der Waals surface area (Å²) in [6.07, 6.45) is 0. The highest BCUT2D eigenvalue weighted by Crippen LogP contribution is 2.25. The van der Waals surface area contributed by atoms with E-state index in [1.807, 2.05) is 45.4 Å². The molecule has 0 spiro atoms. The zero-order valence-electron chi connectivity index (χ0n) is 12.5. The lowest BCUT2D eigenvalue weighted by molar-refractivity contribution is 0.604. The molecule has 0 aliphatic heterocycles. The molecule has 110 valence electrons. The maximum atomic E-state index is 13.3. The van der Waals surface area contributed by atoms with Crippen molar-refractivity contribution in [2.45, 2.75) is 38.5 Å². The average Bonchev–Trinajstić information content (AvgIpc) is 2.65. The van der Waals surface area contributed by atoms with Gasteiger partial charge in [-0.05, 0) is 52.0 Å². The summed E-state index contributed by atoms with van der Waals surface area (Å²) < 4.78 is 30.2. The standard InChI is InChI=1S/C15H21FN2OS/c1-10(17-20(19)15(2,3)4)14-9-11-8-12(16)6-7-13(11)18(14)5/h6-10,17H,1-5H3/t10-,20?/m1/s1. The second kappa shape index (κ2) is 5.30. The predicted octanol–water partition coefficient (Wildman–Crippen LogP) is 3.43. The Bertz CT molecular complexity index is 658. The van der Waals surface area contributed by atoms with Crippen LogP contribution in [0.5, 0.6) is 0 Å². The van der Waals surface area contributed by atoms with Gasteiger partial charge in [0.15, 0.2) is 0 Å². The number of benzene rings is 1. The summed E-state index contributed by atoms with van der Waals surface area (Å²) in [6, 6.07) is 6.61. The highest BCUT2D eigenvalue weighted by atomic mass is 32.2. The molecule has 0 bridgehead atoms. The molecule has 20 heavy (non-hydrogen) atoms. The molecule has 0 saturated carbocycles. The topological polar surface area (TPSA) is 34.0 Å². The lowest BCUT2D eigenvalue weighted by Crippen LogP contribution is -2.35. The third-order valence-electron chi connectivity index (χ3n) is 3.33. The molecule has 0 aliphatic rings. The highest BCUT2D eigenvalue weighted by Gasteiger charge is 2.23. The van der Waals surface area contributed by atoms with Gasteiger partial charge in [0.05, 0.1) is 21.8 Å². The molecule has 1 unspecified atom stereocenters. The zero-order chi connectivity index (χ0) is 15.1. The van der Waals surface area contributed by atoms with E-state index >= 15 is 0 Å². The van der Waals surface area contributed by atoms with E-state index in [1.54, 1.807) is 6.07 Å². The SMILES string of the molecule is C[C@@H](NS(=O)C(C)(C)C)c1cc2cc(F)ccc2n1C. The zero-order valence-corrected chi connectivity index (χ0v) is 13.3. The van der Waals surface area contributed by atoms with Crippen LogP contribution in [0.15, 0.2) is 24.3 Å². The van der Waals surface area contributed by atoms with E-state index in [0.29, 0.717) is 0 Å². The van der Waals surface area contributed by atoms with Crippen LogP contribution >= 0.6 is 0 Å². The average molecular weight is 296 g/mol. The third kappa shape index (κ3) is 2.94. The van der Waals surface area contributed by atoms with E-state index in [-0.39, 0.29) is 16.6 Å². The van der Waals surface area contributed by atoms with Crippen molar-refractivity contribution in [3.05, 3.63) is 35.8 Å². The summed E-state index contributed by atoms with van der Waals surface area (Å²) in [5.74, 6) is -0.242. The van der Waals surface area contributed by atoms with Gasteiger partial charge in [0.2, 0.25) is 0 Å². The van der Waals surface area contributed by atoms with Crippen LogP contribution in [-0.4, -0.2) is 13.5 Å². The first kappa shape index (κ1) is 15.2. The van der Waals surface area contributed by atoms with Gasteiger partial charge in [-0.1, -0.05) is 0 Å². The van der Waals surface area contributed by atoms with E-state index in [9.17, 15) is 8.60 Å². The van der Waals surface area contributed by atoms with E-state index in [4.69, 9.17) is 0 Å². The van der Waals surface area contributed by atoms with Crippen molar-refractivity contribution in [2.75, 3.05) is 0 Å². The normalized spacial score (nSPS) is 15.5. The van der Waals surface area contributed by atoms with Gasteiger partial charge in [0.25, 0.3) is 0 Å². The second-order valence-corrected chi connectivity index (χ2v) is 8.05. The van der Waals surface area contributed by atoms with Crippen molar-refractivity contribution >= 4 is 21.9 Å². The molecule has 0 aliphatic carbocycles. The van der Waals surface area contributed by atoms with Crippen LogP contribution in [-0.2, 0) is 18.0 Å². The molecule has 2 rings (SSSR count). The van der Waals surface area contributed by atoms with Gasteiger partial charge < -0.3 is 4.57 Å². The van der Waals surface area contributed by atoms with Crippen molar-refractivity contribution < 1.29 is 8.60 Å². The molecule has 1 N–H and O–H groups in total. The number of rotatable bonds is 3. The van der Waals surface area contributed by atoms with E-state index in [1.165, 1.54) is 12.1 Å². The number of nitrogens with zero attached hydrogens (tertiary/aromatic N) is 1. The second-order valence-electron chi connectivity index (χ2n) is 6.05. The molecule has 1 aromatic heterocycles. The molecule has 3 nitrogen and oxygen atoms in total. The van der Waals surface area contributed by atoms with Gasteiger partial charge in [0.1, 0.15) is 5.82 Å². The summed E-state index contributed by atoms with van der Waals surface area (Å²) >= 11 is 0. The molecule has 5 heteroatoms.